The number of aliphatic hydroxyl groups is 1. The lowest BCUT2D eigenvalue weighted by Gasteiger charge is -2.19. The molecular formula is C9H18ClN3O2. The summed E-state index contributed by atoms with van der Waals surface area (Å²) in [7, 11) is 0. The lowest BCUT2D eigenvalue weighted by atomic mass is 10.2. The normalized spacial score (nSPS) is 35.3. The number of halogens is 1. The summed E-state index contributed by atoms with van der Waals surface area (Å²) in [5, 5.41) is 12.3. The van der Waals surface area contributed by atoms with Gasteiger partial charge in [0.2, 0.25) is 5.91 Å². The maximum Gasteiger partial charge on any atom is 0.239 e. The van der Waals surface area contributed by atoms with Crippen molar-refractivity contribution in [1.29, 1.82) is 0 Å². The van der Waals surface area contributed by atoms with Crippen LogP contribution in [0.15, 0.2) is 0 Å². The fourth-order valence-corrected chi connectivity index (χ4v) is 2.11. The highest BCUT2D eigenvalue weighted by Gasteiger charge is 2.33. The lowest BCUT2D eigenvalue weighted by molar-refractivity contribution is -0.132. The highest BCUT2D eigenvalue weighted by atomic mass is 35.5. The zero-order valence-corrected chi connectivity index (χ0v) is 9.37. The fourth-order valence-electron chi connectivity index (χ4n) is 2.11. The summed E-state index contributed by atoms with van der Waals surface area (Å²) in [5.74, 6) is 0.0921. The number of carbonyl (C=O) groups is 1. The molecule has 3 atom stereocenters. The highest BCUT2D eigenvalue weighted by Crippen LogP contribution is 2.13. The summed E-state index contributed by atoms with van der Waals surface area (Å²) >= 11 is 0. The first-order valence-corrected chi connectivity index (χ1v) is 5.12. The van der Waals surface area contributed by atoms with Crippen LogP contribution in [0.3, 0.4) is 0 Å². The number of rotatable bonds is 1. The molecule has 0 aliphatic carbocycles. The van der Waals surface area contributed by atoms with Gasteiger partial charge in [0.25, 0.3) is 0 Å². The predicted molar refractivity (Wildman–Crippen MR) is 58.8 cm³/mol. The summed E-state index contributed by atoms with van der Waals surface area (Å²) in [6, 6.07) is -0.0689. The summed E-state index contributed by atoms with van der Waals surface area (Å²) in [4.78, 5) is 13.6. The third kappa shape index (κ3) is 2.81. The molecule has 2 aliphatic rings. The van der Waals surface area contributed by atoms with Crippen molar-refractivity contribution in [1.82, 2.24) is 10.2 Å². The standard InChI is InChI=1S/C9H17N3O2.ClH/c10-6-1-2-12(5-6)9(14)8-3-7(13)4-11-8;/h6-8,11,13H,1-5,10H2;1H/t6-,7-,8-;/m1./s1. The van der Waals surface area contributed by atoms with Gasteiger partial charge in [0.1, 0.15) is 0 Å². The van der Waals surface area contributed by atoms with Crippen LogP contribution in [-0.4, -0.2) is 53.7 Å². The van der Waals surface area contributed by atoms with Gasteiger partial charge in [-0.15, -0.1) is 12.4 Å². The number of hydrogen-bond acceptors (Lipinski definition) is 4. The molecule has 15 heavy (non-hydrogen) atoms. The zero-order valence-electron chi connectivity index (χ0n) is 8.56. The van der Waals surface area contributed by atoms with E-state index < -0.39 is 0 Å². The van der Waals surface area contributed by atoms with Gasteiger partial charge in [-0.2, -0.15) is 0 Å². The average Bonchev–Trinajstić information content (AvgIpc) is 2.73. The predicted octanol–water partition coefficient (Wildman–Crippen LogP) is -1.31. The molecule has 88 valence electrons. The number of likely N-dealkylation sites (tertiary alicyclic amines) is 1. The molecule has 0 radical (unpaired) electrons. The molecule has 0 spiro atoms. The molecule has 0 bridgehead atoms. The van der Waals surface area contributed by atoms with Crippen molar-refractivity contribution in [3.8, 4) is 0 Å². The number of β-amino-alcohol motifs (C(OH)–C–C–N with tert-alkyl or cyclic N) is 1. The van der Waals surface area contributed by atoms with E-state index in [4.69, 9.17) is 5.73 Å². The Bertz CT molecular complexity index is 217. The van der Waals surface area contributed by atoms with Crippen molar-refractivity contribution in [2.75, 3.05) is 19.6 Å². The Morgan fingerprint density at radius 1 is 1.53 bits per heavy atom. The average molecular weight is 236 g/mol. The largest absolute Gasteiger partial charge is 0.392 e. The van der Waals surface area contributed by atoms with E-state index in [2.05, 4.69) is 5.32 Å². The van der Waals surface area contributed by atoms with Crippen molar-refractivity contribution >= 4 is 18.3 Å². The number of nitrogens with one attached hydrogen (secondary N) is 1. The van der Waals surface area contributed by atoms with E-state index in [0.717, 1.165) is 13.0 Å². The summed E-state index contributed by atoms with van der Waals surface area (Å²) in [5.41, 5.74) is 5.73. The van der Waals surface area contributed by atoms with Crippen LogP contribution in [0.4, 0.5) is 0 Å². The maximum absolute atomic E-state index is 11.8. The first-order valence-electron chi connectivity index (χ1n) is 5.12. The first-order chi connectivity index (χ1) is 6.66. The van der Waals surface area contributed by atoms with Crippen LogP contribution in [0, 0.1) is 0 Å². The quantitative estimate of drug-likeness (QED) is 0.528. The third-order valence-electron chi connectivity index (χ3n) is 2.94. The van der Waals surface area contributed by atoms with Crippen molar-refractivity contribution < 1.29 is 9.90 Å². The molecule has 0 aromatic rings. The maximum atomic E-state index is 11.8. The molecule has 0 aromatic carbocycles. The van der Waals surface area contributed by atoms with Crippen LogP contribution < -0.4 is 11.1 Å². The van der Waals surface area contributed by atoms with E-state index >= 15 is 0 Å². The molecule has 5 nitrogen and oxygen atoms in total. The first kappa shape index (κ1) is 12.7. The Kier molecular flexibility index (Phi) is 4.33. The van der Waals surface area contributed by atoms with Crippen molar-refractivity contribution in [3.63, 3.8) is 0 Å². The zero-order chi connectivity index (χ0) is 10.1. The SMILES string of the molecule is Cl.N[C@@H]1CCN(C(=O)[C@H]2C[C@@H](O)CN2)C1. The molecule has 1 amide bonds. The lowest BCUT2D eigenvalue weighted by Crippen LogP contribution is -2.43. The number of amides is 1. The number of aliphatic hydroxyl groups excluding tert-OH is 1. The van der Waals surface area contributed by atoms with Crippen LogP contribution in [0.1, 0.15) is 12.8 Å². The van der Waals surface area contributed by atoms with Crippen molar-refractivity contribution in [2.24, 2.45) is 5.73 Å². The molecule has 2 heterocycles. The van der Waals surface area contributed by atoms with E-state index in [9.17, 15) is 9.90 Å². The minimum atomic E-state index is -0.375. The Balaban J connectivity index is 0.00000112. The third-order valence-corrected chi connectivity index (χ3v) is 2.94. The van der Waals surface area contributed by atoms with Gasteiger partial charge >= 0.3 is 0 Å². The second kappa shape index (κ2) is 5.12. The molecular weight excluding hydrogens is 218 g/mol. The summed E-state index contributed by atoms with van der Waals surface area (Å²) in [6.07, 6.45) is 1.05. The topological polar surface area (TPSA) is 78.6 Å². The molecule has 2 rings (SSSR count). The molecule has 0 aromatic heterocycles. The van der Waals surface area contributed by atoms with Gasteiger partial charge in [-0.25, -0.2) is 0 Å². The number of carbonyl (C=O) groups excluding carboxylic acids is 1. The Hall–Kier alpha value is -0.360. The van der Waals surface area contributed by atoms with Gasteiger partial charge in [0, 0.05) is 25.7 Å². The van der Waals surface area contributed by atoms with Crippen LogP contribution in [0.5, 0.6) is 0 Å². The Labute approximate surface area is 95.4 Å². The van der Waals surface area contributed by atoms with Crippen LogP contribution >= 0.6 is 12.4 Å². The number of nitrogens with zero attached hydrogens (tertiary/aromatic N) is 1. The van der Waals surface area contributed by atoms with Gasteiger partial charge in [-0.1, -0.05) is 0 Å². The molecule has 0 saturated carbocycles. The van der Waals surface area contributed by atoms with Gasteiger partial charge in [0.15, 0.2) is 0 Å². The van der Waals surface area contributed by atoms with Gasteiger partial charge < -0.3 is 21.1 Å². The van der Waals surface area contributed by atoms with Crippen LogP contribution in [-0.2, 0) is 4.79 Å². The minimum Gasteiger partial charge on any atom is -0.392 e. The van der Waals surface area contributed by atoms with E-state index in [1.165, 1.54) is 0 Å². The second-order valence-corrected chi connectivity index (χ2v) is 4.18. The van der Waals surface area contributed by atoms with E-state index in [1.807, 2.05) is 0 Å². The van der Waals surface area contributed by atoms with E-state index in [-0.39, 0.29) is 36.5 Å². The van der Waals surface area contributed by atoms with Crippen LogP contribution in [0.25, 0.3) is 0 Å². The van der Waals surface area contributed by atoms with Gasteiger partial charge in [-0.05, 0) is 12.8 Å². The summed E-state index contributed by atoms with van der Waals surface area (Å²) < 4.78 is 0. The van der Waals surface area contributed by atoms with Gasteiger partial charge in [-0.3, -0.25) is 4.79 Å². The monoisotopic (exact) mass is 235 g/mol. The Morgan fingerprint density at radius 2 is 2.27 bits per heavy atom. The molecule has 2 fully saturated rings. The molecule has 2 aliphatic heterocycles. The van der Waals surface area contributed by atoms with Crippen molar-refractivity contribution in [3.05, 3.63) is 0 Å². The minimum absolute atomic E-state index is 0. The Morgan fingerprint density at radius 3 is 2.73 bits per heavy atom. The molecule has 6 heteroatoms. The van der Waals surface area contributed by atoms with Crippen molar-refractivity contribution in [2.45, 2.75) is 31.0 Å². The van der Waals surface area contributed by atoms with E-state index in [0.29, 0.717) is 19.5 Å². The number of hydrogen-bond donors (Lipinski definition) is 3. The molecule has 0 unspecified atom stereocenters. The molecule has 4 N–H and O–H groups in total. The van der Waals surface area contributed by atoms with E-state index in [1.54, 1.807) is 4.90 Å². The van der Waals surface area contributed by atoms with Crippen LogP contribution in [0.2, 0.25) is 0 Å². The fraction of sp³-hybridized carbons (Fsp3) is 0.889. The highest BCUT2D eigenvalue weighted by molar-refractivity contribution is 5.85. The van der Waals surface area contributed by atoms with Gasteiger partial charge in [0.05, 0.1) is 12.1 Å². The smallest absolute Gasteiger partial charge is 0.239 e. The summed E-state index contributed by atoms with van der Waals surface area (Å²) in [6.45, 7) is 1.94. The molecule has 2 saturated heterocycles. The number of nitrogens with two attached hydrogens (primary N) is 1. The second-order valence-electron chi connectivity index (χ2n) is 4.18.